The Morgan fingerprint density at radius 3 is 0.861 bits per heavy atom. The number of unbranched alkanes of at least 4 members (excludes halogenated alkanes) is 16. The summed E-state index contributed by atoms with van der Waals surface area (Å²) < 4.78 is 16.8. The summed E-state index contributed by atoms with van der Waals surface area (Å²) in [6.45, 7) is 6.30. The first kappa shape index (κ1) is 73.8. The summed E-state index contributed by atoms with van der Waals surface area (Å²) in [4.78, 5) is 38.2. The average molecular weight is 1090 g/mol. The average Bonchev–Trinajstić information content (AvgIpc) is 3.45. The Morgan fingerprint density at radius 1 is 0.266 bits per heavy atom. The molecule has 79 heavy (non-hydrogen) atoms. The highest BCUT2D eigenvalue weighted by atomic mass is 16.6. The van der Waals surface area contributed by atoms with Crippen LogP contribution in [-0.4, -0.2) is 37.2 Å². The summed E-state index contributed by atoms with van der Waals surface area (Å²) in [7, 11) is 0. The molecule has 0 rings (SSSR count). The van der Waals surface area contributed by atoms with Crippen molar-refractivity contribution >= 4 is 17.9 Å². The van der Waals surface area contributed by atoms with E-state index in [2.05, 4.69) is 179 Å². The Kier molecular flexibility index (Phi) is 61.0. The largest absolute Gasteiger partial charge is 0.462 e. The summed E-state index contributed by atoms with van der Waals surface area (Å²) in [5, 5.41) is 0. The summed E-state index contributed by atoms with van der Waals surface area (Å²) in [5.74, 6) is -1.04. The van der Waals surface area contributed by atoms with E-state index in [4.69, 9.17) is 14.2 Å². The van der Waals surface area contributed by atoms with Crippen LogP contribution in [0.4, 0.5) is 0 Å². The van der Waals surface area contributed by atoms with Gasteiger partial charge < -0.3 is 14.2 Å². The minimum atomic E-state index is -0.828. The first-order valence-electron chi connectivity index (χ1n) is 31.6. The molecule has 0 heterocycles. The lowest BCUT2D eigenvalue weighted by molar-refractivity contribution is -0.166. The van der Waals surface area contributed by atoms with E-state index in [-0.39, 0.29) is 37.5 Å². The minimum absolute atomic E-state index is 0.121. The maximum Gasteiger partial charge on any atom is 0.306 e. The van der Waals surface area contributed by atoms with Crippen molar-refractivity contribution in [1.82, 2.24) is 0 Å². The van der Waals surface area contributed by atoms with Crippen LogP contribution in [0.5, 0.6) is 0 Å². The summed E-state index contributed by atoms with van der Waals surface area (Å²) in [6, 6.07) is 0. The number of rotatable bonds is 55. The predicted octanol–water partition coefficient (Wildman–Crippen LogP) is 21.9. The van der Waals surface area contributed by atoms with Crippen molar-refractivity contribution in [3.05, 3.63) is 170 Å². The van der Waals surface area contributed by atoms with Crippen LogP contribution >= 0.6 is 0 Å². The zero-order valence-electron chi connectivity index (χ0n) is 50.6. The van der Waals surface area contributed by atoms with Gasteiger partial charge in [-0.1, -0.05) is 262 Å². The maximum atomic E-state index is 12.9. The molecule has 0 spiro atoms. The molecule has 1 unspecified atom stereocenters. The molecule has 0 amide bonds. The van der Waals surface area contributed by atoms with Gasteiger partial charge in [-0.15, -0.1) is 0 Å². The fourth-order valence-electron chi connectivity index (χ4n) is 8.03. The highest BCUT2D eigenvalue weighted by molar-refractivity contribution is 5.71. The molecule has 0 aliphatic carbocycles. The monoisotopic (exact) mass is 1090 g/mol. The molecule has 0 bridgehead atoms. The normalized spacial score (nSPS) is 13.3. The molecule has 0 N–H and O–H groups in total. The van der Waals surface area contributed by atoms with E-state index >= 15 is 0 Å². The van der Waals surface area contributed by atoms with Crippen LogP contribution in [0.25, 0.3) is 0 Å². The van der Waals surface area contributed by atoms with E-state index < -0.39 is 6.10 Å². The van der Waals surface area contributed by atoms with E-state index in [1.54, 1.807) is 0 Å². The highest BCUT2D eigenvalue weighted by Gasteiger charge is 2.19. The van der Waals surface area contributed by atoms with Gasteiger partial charge in [-0.25, -0.2) is 0 Å². The molecule has 442 valence electrons. The molecule has 0 saturated heterocycles. The number of hydrogen-bond acceptors (Lipinski definition) is 6. The smallest absolute Gasteiger partial charge is 0.306 e. The van der Waals surface area contributed by atoms with Gasteiger partial charge in [-0.05, 0) is 141 Å². The first-order valence-corrected chi connectivity index (χ1v) is 31.6. The van der Waals surface area contributed by atoms with Gasteiger partial charge >= 0.3 is 17.9 Å². The number of hydrogen-bond donors (Lipinski definition) is 0. The van der Waals surface area contributed by atoms with E-state index in [1.807, 2.05) is 12.2 Å². The van der Waals surface area contributed by atoms with Crippen molar-refractivity contribution in [2.24, 2.45) is 0 Å². The van der Waals surface area contributed by atoms with Gasteiger partial charge in [0.25, 0.3) is 0 Å². The third-order valence-corrected chi connectivity index (χ3v) is 12.7. The maximum absolute atomic E-state index is 12.9. The SMILES string of the molecule is CC/C=C\C/C=C\C/C=C\C/C=C\C/C=C\C/C=C\C/C=C\C/C=C\C/C=C\CCCCCCCC(=O)OCC(COC(=O)CC/C=C\C/C=C\C/C=C\C/C=C\CC)OC(=O)CCCCCCC/C=C\CCCCCCCC. The van der Waals surface area contributed by atoms with Crippen LogP contribution in [0, 0.1) is 0 Å². The van der Waals surface area contributed by atoms with E-state index in [0.717, 1.165) is 154 Å². The van der Waals surface area contributed by atoms with Gasteiger partial charge in [-0.2, -0.15) is 0 Å². The second-order valence-corrected chi connectivity index (χ2v) is 20.2. The summed E-state index contributed by atoms with van der Waals surface area (Å²) in [6.07, 6.45) is 96.6. The summed E-state index contributed by atoms with van der Waals surface area (Å²) in [5.41, 5.74) is 0. The van der Waals surface area contributed by atoms with Crippen molar-refractivity contribution in [3.63, 3.8) is 0 Å². The van der Waals surface area contributed by atoms with Gasteiger partial charge in [0, 0.05) is 19.3 Å². The predicted molar refractivity (Wildman–Crippen MR) is 343 cm³/mol. The summed E-state index contributed by atoms with van der Waals surface area (Å²) >= 11 is 0. The van der Waals surface area contributed by atoms with Crippen molar-refractivity contribution in [2.75, 3.05) is 13.2 Å². The van der Waals surface area contributed by atoms with Crippen molar-refractivity contribution in [2.45, 2.75) is 258 Å². The standard InChI is InChI=1S/C73H114O6/c1-4-7-10-13-16-19-22-25-27-28-29-30-31-32-33-34-35-36-37-38-39-40-41-42-43-44-46-48-51-54-57-60-63-66-72(75)78-69-70(68-77-71(74)65-62-59-56-53-50-47-24-21-18-15-12-9-6-3)79-73(76)67-64-61-58-55-52-49-45-26-23-20-17-14-11-8-5-2/h7,9-10,12,16,18-19,21,25-27,29-30,32-33,35-36,38-39,41-42,44-47,50,56,59,70H,4-6,8,11,13-15,17,20,22-24,28,31,34,37,40,43,48-49,51-55,57-58,60-69H2,1-3H3/b10-7-,12-9-,19-16-,21-18-,27-25-,30-29-,33-32-,36-35-,39-38-,42-41-,45-26-,46-44-,50-47-,59-56-. The zero-order valence-corrected chi connectivity index (χ0v) is 50.6. The number of esters is 3. The lowest BCUT2D eigenvalue weighted by Gasteiger charge is -2.18. The van der Waals surface area contributed by atoms with Crippen LogP contribution in [0.3, 0.4) is 0 Å². The molecule has 6 nitrogen and oxygen atoms in total. The Morgan fingerprint density at radius 2 is 0.519 bits per heavy atom. The number of allylic oxidation sites excluding steroid dienone is 28. The van der Waals surface area contributed by atoms with Gasteiger partial charge in [0.1, 0.15) is 13.2 Å². The second kappa shape index (κ2) is 65.3. The van der Waals surface area contributed by atoms with Crippen LogP contribution < -0.4 is 0 Å². The molecule has 0 aromatic heterocycles. The molecule has 0 aliphatic rings. The van der Waals surface area contributed by atoms with Gasteiger partial charge in [0.05, 0.1) is 0 Å². The van der Waals surface area contributed by atoms with Crippen LogP contribution in [0.15, 0.2) is 170 Å². The quantitative estimate of drug-likeness (QED) is 0.0261. The number of carbonyl (C=O) groups excluding carboxylic acids is 3. The topological polar surface area (TPSA) is 78.9 Å². The van der Waals surface area contributed by atoms with Gasteiger partial charge in [0.2, 0.25) is 0 Å². The minimum Gasteiger partial charge on any atom is -0.462 e. The third kappa shape index (κ3) is 63.5. The van der Waals surface area contributed by atoms with Crippen LogP contribution in [0.1, 0.15) is 252 Å². The van der Waals surface area contributed by atoms with E-state index in [9.17, 15) is 14.4 Å². The van der Waals surface area contributed by atoms with Gasteiger partial charge in [-0.3, -0.25) is 14.4 Å². The Hall–Kier alpha value is -5.23. The van der Waals surface area contributed by atoms with Crippen molar-refractivity contribution in [1.29, 1.82) is 0 Å². The number of ether oxygens (including phenoxy) is 3. The molecule has 0 saturated carbocycles. The van der Waals surface area contributed by atoms with Gasteiger partial charge in [0.15, 0.2) is 6.10 Å². The molecule has 0 radical (unpaired) electrons. The first-order chi connectivity index (χ1) is 39.0. The molecular formula is C73H114O6. The number of carbonyl (C=O) groups is 3. The Labute approximate surface area is 485 Å². The third-order valence-electron chi connectivity index (χ3n) is 12.7. The van der Waals surface area contributed by atoms with Crippen molar-refractivity contribution in [3.8, 4) is 0 Å². The highest BCUT2D eigenvalue weighted by Crippen LogP contribution is 2.13. The van der Waals surface area contributed by atoms with Crippen molar-refractivity contribution < 1.29 is 28.6 Å². The van der Waals surface area contributed by atoms with E-state index in [0.29, 0.717) is 19.3 Å². The zero-order chi connectivity index (χ0) is 57.1. The molecule has 0 aliphatic heterocycles. The molecule has 0 aromatic rings. The second-order valence-electron chi connectivity index (χ2n) is 20.2. The lowest BCUT2D eigenvalue weighted by atomic mass is 10.1. The Bertz CT molecular complexity index is 1820. The molecular weight excluding hydrogens is 973 g/mol. The molecule has 6 heteroatoms. The van der Waals surface area contributed by atoms with Crippen LogP contribution in [-0.2, 0) is 28.6 Å². The molecule has 0 aromatic carbocycles. The molecule has 0 fully saturated rings. The van der Waals surface area contributed by atoms with Crippen LogP contribution in [0.2, 0.25) is 0 Å². The molecule has 1 atom stereocenters. The fraction of sp³-hybridized carbons (Fsp3) is 0.575. The van der Waals surface area contributed by atoms with E-state index in [1.165, 1.54) is 51.4 Å². The lowest BCUT2D eigenvalue weighted by Crippen LogP contribution is -2.30. The fourth-order valence-corrected chi connectivity index (χ4v) is 8.03. The Balaban J connectivity index is 4.38.